The molecule has 4 heteroatoms. The number of rotatable bonds is 3. The van der Waals surface area contributed by atoms with Crippen LogP contribution in [0, 0.1) is 0 Å². The van der Waals surface area contributed by atoms with E-state index in [0.29, 0.717) is 12.1 Å². The predicted molar refractivity (Wildman–Crippen MR) is 66.0 cm³/mol. The second kappa shape index (κ2) is 4.99. The Kier molecular flexibility index (Phi) is 3.42. The summed E-state index contributed by atoms with van der Waals surface area (Å²) in [4.78, 5) is 25.4. The van der Waals surface area contributed by atoms with Crippen LogP contribution in [0.3, 0.4) is 0 Å². The molecule has 1 N–H and O–H groups in total. The molecule has 1 aromatic carbocycles. The number of fused-ring (bicyclic) bond motifs is 1. The molecule has 1 aromatic rings. The summed E-state index contributed by atoms with van der Waals surface area (Å²) >= 11 is 0. The van der Waals surface area contributed by atoms with Gasteiger partial charge in [0.2, 0.25) is 5.91 Å². The third-order valence-electron chi connectivity index (χ3n) is 2.88. The first-order chi connectivity index (χ1) is 8.24. The van der Waals surface area contributed by atoms with E-state index < -0.39 is 0 Å². The molecule has 0 saturated carbocycles. The summed E-state index contributed by atoms with van der Waals surface area (Å²) in [6, 6.07) is 7.24. The normalized spacial score (nSPS) is 15.2. The Labute approximate surface area is 101 Å². The maximum absolute atomic E-state index is 11.9. The molecule has 0 aliphatic carbocycles. The SMILES string of the molecule is CCCCN1C(=O)CNC(=O)c2ccccc21. The molecule has 17 heavy (non-hydrogen) atoms. The Hall–Kier alpha value is -1.84. The molecule has 2 rings (SSSR count). The number of carbonyl (C=O) groups is 2. The maximum Gasteiger partial charge on any atom is 0.253 e. The molecule has 0 saturated heterocycles. The van der Waals surface area contributed by atoms with Crippen LogP contribution < -0.4 is 10.2 Å². The molecule has 0 fully saturated rings. The lowest BCUT2D eigenvalue weighted by molar-refractivity contribution is -0.117. The average Bonchev–Trinajstić information content (AvgIpc) is 2.47. The van der Waals surface area contributed by atoms with Gasteiger partial charge in [-0.25, -0.2) is 0 Å². The van der Waals surface area contributed by atoms with Gasteiger partial charge in [-0.05, 0) is 18.6 Å². The zero-order valence-electron chi connectivity index (χ0n) is 9.90. The number of hydrogen-bond donors (Lipinski definition) is 1. The van der Waals surface area contributed by atoms with Gasteiger partial charge in [-0.2, -0.15) is 0 Å². The molecule has 0 unspecified atom stereocenters. The standard InChI is InChI=1S/C13H16N2O2/c1-2-3-8-15-11-7-5-4-6-10(11)13(17)14-9-12(15)16/h4-7H,2-3,8-9H2,1H3,(H,14,17). The minimum absolute atomic E-state index is 0.0447. The molecule has 1 heterocycles. The lowest BCUT2D eigenvalue weighted by Gasteiger charge is -2.21. The Morgan fingerprint density at radius 3 is 2.82 bits per heavy atom. The zero-order valence-corrected chi connectivity index (χ0v) is 9.90. The van der Waals surface area contributed by atoms with Gasteiger partial charge < -0.3 is 10.2 Å². The minimum Gasteiger partial charge on any atom is -0.343 e. The van der Waals surface area contributed by atoms with Crippen molar-refractivity contribution in [2.24, 2.45) is 0 Å². The van der Waals surface area contributed by atoms with Crippen LogP contribution in [-0.2, 0) is 4.79 Å². The minimum atomic E-state index is -0.173. The lowest BCUT2D eigenvalue weighted by atomic mass is 10.1. The summed E-state index contributed by atoms with van der Waals surface area (Å²) in [7, 11) is 0. The van der Waals surface area contributed by atoms with Crippen LogP contribution in [0.15, 0.2) is 24.3 Å². The largest absolute Gasteiger partial charge is 0.343 e. The highest BCUT2D eigenvalue weighted by atomic mass is 16.2. The van der Waals surface area contributed by atoms with E-state index in [4.69, 9.17) is 0 Å². The molecule has 1 aliphatic heterocycles. The van der Waals surface area contributed by atoms with Crippen LogP contribution in [0.4, 0.5) is 5.69 Å². The van der Waals surface area contributed by atoms with E-state index in [-0.39, 0.29) is 18.4 Å². The van der Waals surface area contributed by atoms with Crippen molar-refractivity contribution in [3.8, 4) is 0 Å². The van der Waals surface area contributed by atoms with Crippen molar-refractivity contribution in [3.05, 3.63) is 29.8 Å². The van der Waals surface area contributed by atoms with Gasteiger partial charge in [0.05, 0.1) is 17.8 Å². The molecule has 2 amide bonds. The van der Waals surface area contributed by atoms with Gasteiger partial charge in [0.25, 0.3) is 5.91 Å². The molecule has 0 atom stereocenters. The molecule has 90 valence electrons. The zero-order chi connectivity index (χ0) is 12.3. The third kappa shape index (κ3) is 2.30. The van der Waals surface area contributed by atoms with Crippen LogP contribution >= 0.6 is 0 Å². The van der Waals surface area contributed by atoms with Crippen molar-refractivity contribution in [3.63, 3.8) is 0 Å². The first kappa shape index (κ1) is 11.6. The summed E-state index contributed by atoms with van der Waals surface area (Å²) in [6.07, 6.45) is 1.96. The van der Waals surface area contributed by atoms with Crippen molar-refractivity contribution < 1.29 is 9.59 Å². The number of benzene rings is 1. The molecular weight excluding hydrogens is 216 g/mol. The van der Waals surface area contributed by atoms with Gasteiger partial charge in [0.15, 0.2) is 0 Å². The highest BCUT2D eigenvalue weighted by molar-refractivity contribution is 6.09. The van der Waals surface area contributed by atoms with Gasteiger partial charge >= 0.3 is 0 Å². The van der Waals surface area contributed by atoms with Crippen LogP contribution in [0.2, 0.25) is 0 Å². The number of para-hydroxylation sites is 1. The number of nitrogens with zero attached hydrogens (tertiary/aromatic N) is 1. The Bertz CT molecular complexity index is 443. The fourth-order valence-electron chi connectivity index (χ4n) is 1.94. The van der Waals surface area contributed by atoms with E-state index >= 15 is 0 Å². The number of amides is 2. The van der Waals surface area contributed by atoms with Crippen molar-refractivity contribution in [1.82, 2.24) is 5.32 Å². The second-order valence-electron chi connectivity index (χ2n) is 4.10. The fourth-order valence-corrected chi connectivity index (χ4v) is 1.94. The van der Waals surface area contributed by atoms with Gasteiger partial charge in [0.1, 0.15) is 0 Å². The van der Waals surface area contributed by atoms with E-state index in [1.807, 2.05) is 18.2 Å². The lowest BCUT2D eigenvalue weighted by Crippen LogP contribution is -2.37. The highest BCUT2D eigenvalue weighted by Gasteiger charge is 2.25. The van der Waals surface area contributed by atoms with Gasteiger partial charge in [-0.15, -0.1) is 0 Å². The van der Waals surface area contributed by atoms with Crippen LogP contribution in [0.5, 0.6) is 0 Å². The smallest absolute Gasteiger partial charge is 0.253 e. The average molecular weight is 232 g/mol. The van der Waals surface area contributed by atoms with Crippen molar-refractivity contribution in [2.75, 3.05) is 18.0 Å². The Balaban J connectivity index is 2.38. The number of carbonyl (C=O) groups excluding carboxylic acids is 2. The van der Waals surface area contributed by atoms with E-state index in [0.717, 1.165) is 18.5 Å². The summed E-state index contributed by atoms with van der Waals surface area (Å²) in [5.74, 6) is -0.218. The van der Waals surface area contributed by atoms with Crippen molar-refractivity contribution in [1.29, 1.82) is 0 Å². The molecule has 4 nitrogen and oxygen atoms in total. The van der Waals surface area contributed by atoms with E-state index in [1.165, 1.54) is 0 Å². The molecule has 1 aliphatic rings. The molecule has 0 bridgehead atoms. The van der Waals surface area contributed by atoms with Crippen LogP contribution in [0.25, 0.3) is 0 Å². The summed E-state index contributed by atoms with van der Waals surface area (Å²) in [5.41, 5.74) is 1.30. The summed E-state index contributed by atoms with van der Waals surface area (Å²) < 4.78 is 0. The topological polar surface area (TPSA) is 49.4 Å². The summed E-state index contributed by atoms with van der Waals surface area (Å²) in [6.45, 7) is 2.83. The van der Waals surface area contributed by atoms with Gasteiger partial charge in [-0.1, -0.05) is 25.5 Å². The number of hydrogen-bond acceptors (Lipinski definition) is 2. The van der Waals surface area contributed by atoms with Crippen molar-refractivity contribution >= 4 is 17.5 Å². The van der Waals surface area contributed by atoms with Gasteiger partial charge in [-0.3, -0.25) is 9.59 Å². The quantitative estimate of drug-likeness (QED) is 0.859. The van der Waals surface area contributed by atoms with E-state index in [9.17, 15) is 9.59 Å². The first-order valence-corrected chi connectivity index (χ1v) is 5.91. The highest BCUT2D eigenvalue weighted by Crippen LogP contribution is 2.22. The van der Waals surface area contributed by atoms with Crippen molar-refractivity contribution in [2.45, 2.75) is 19.8 Å². The Morgan fingerprint density at radius 1 is 1.29 bits per heavy atom. The van der Waals surface area contributed by atoms with Gasteiger partial charge in [0, 0.05) is 6.54 Å². The third-order valence-corrected chi connectivity index (χ3v) is 2.88. The summed E-state index contributed by atoms with van der Waals surface area (Å²) in [5, 5.41) is 2.63. The molecule has 0 aromatic heterocycles. The molecule has 0 radical (unpaired) electrons. The first-order valence-electron chi connectivity index (χ1n) is 5.91. The predicted octanol–water partition coefficient (Wildman–Crippen LogP) is 1.56. The van der Waals surface area contributed by atoms with E-state index in [2.05, 4.69) is 12.2 Å². The molecule has 0 spiro atoms. The van der Waals surface area contributed by atoms with Crippen LogP contribution in [-0.4, -0.2) is 24.9 Å². The number of unbranched alkanes of at least 4 members (excludes halogenated alkanes) is 1. The maximum atomic E-state index is 11.9. The van der Waals surface area contributed by atoms with E-state index in [1.54, 1.807) is 11.0 Å². The van der Waals surface area contributed by atoms with Crippen LogP contribution in [0.1, 0.15) is 30.1 Å². The monoisotopic (exact) mass is 232 g/mol. The number of anilines is 1. The fraction of sp³-hybridized carbons (Fsp3) is 0.385. The Morgan fingerprint density at radius 2 is 2.06 bits per heavy atom. The second-order valence-corrected chi connectivity index (χ2v) is 4.10. The molecular formula is C13H16N2O2. The number of nitrogens with one attached hydrogen (secondary N) is 1.